The number of nitrogens with zero attached hydrogens (tertiary/aromatic N) is 1. The first kappa shape index (κ1) is 17.5. The van der Waals surface area contributed by atoms with Gasteiger partial charge in [0, 0.05) is 35.9 Å². The molecule has 1 atom stereocenters. The molecule has 114 valence electrons. The molecular weight excluding hydrogens is 316 g/mol. The summed E-state index contributed by atoms with van der Waals surface area (Å²) in [6.45, 7) is 9.66. The van der Waals surface area contributed by atoms with Crippen molar-refractivity contribution in [2.45, 2.75) is 39.7 Å². The Labute approximate surface area is 131 Å². The highest BCUT2D eigenvalue weighted by atomic mass is 79.9. The topological polar surface area (TPSA) is 35.5 Å². The molecule has 0 aliphatic heterocycles. The SMILES string of the molecule is CCCNC(C)c1cc(Br)ccc1N(CC)CCCO. The minimum Gasteiger partial charge on any atom is -0.396 e. The Morgan fingerprint density at radius 2 is 2.10 bits per heavy atom. The standard InChI is InChI=1S/C16H27BrN2O/c1-4-9-18-13(3)15-12-14(17)7-8-16(15)19(5-2)10-6-11-20/h7-8,12-13,18,20H,4-6,9-11H2,1-3H3. The van der Waals surface area contributed by atoms with E-state index in [-0.39, 0.29) is 6.61 Å². The third-order valence-electron chi connectivity index (χ3n) is 3.47. The molecule has 1 unspecified atom stereocenters. The third-order valence-corrected chi connectivity index (χ3v) is 3.96. The molecule has 0 aliphatic rings. The number of aliphatic hydroxyl groups is 1. The summed E-state index contributed by atoms with van der Waals surface area (Å²) in [5.41, 5.74) is 2.58. The summed E-state index contributed by atoms with van der Waals surface area (Å²) in [7, 11) is 0. The van der Waals surface area contributed by atoms with E-state index in [1.807, 2.05) is 0 Å². The van der Waals surface area contributed by atoms with Gasteiger partial charge in [-0.3, -0.25) is 0 Å². The number of benzene rings is 1. The molecule has 0 fully saturated rings. The molecular formula is C16H27BrN2O. The van der Waals surface area contributed by atoms with Gasteiger partial charge >= 0.3 is 0 Å². The zero-order valence-corrected chi connectivity index (χ0v) is 14.4. The summed E-state index contributed by atoms with van der Waals surface area (Å²) in [4.78, 5) is 2.34. The van der Waals surface area contributed by atoms with Gasteiger partial charge in [-0.2, -0.15) is 0 Å². The number of nitrogens with one attached hydrogen (secondary N) is 1. The van der Waals surface area contributed by atoms with Crippen LogP contribution in [0.4, 0.5) is 5.69 Å². The van der Waals surface area contributed by atoms with E-state index in [1.54, 1.807) is 0 Å². The normalized spacial score (nSPS) is 12.4. The van der Waals surface area contributed by atoms with Crippen molar-refractivity contribution in [3.8, 4) is 0 Å². The minimum absolute atomic E-state index is 0.242. The van der Waals surface area contributed by atoms with Crippen LogP contribution in [-0.4, -0.2) is 31.3 Å². The maximum atomic E-state index is 9.05. The van der Waals surface area contributed by atoms with Gasteiger partial charge in [0.15, 0.2) is 0 Å². The second-order valence-corrected chi connectivity index (χ2v) is 5.95. The Hall–Kier alpha value is -0.580. The first-order valence-corrected chi connectivity index (χ1v) is 8.31. The summed E-state index contributed by atoms with van der Waals surface area (Å²) in [5, 5.41) is 12.6. The Bertz CT molecular complexity index is 398. The number of hydrogen-bond donors (Lipinski definition) is 2. The Balaban J connectivity index is 2.98. The highest BCUT2D eigenvalue weighted by Crippen LogP contribution is 2.29. The molecule has 3 nitrogen and oxygen atoms in total. The minimum atomic E-state index is 0.242. The lowest BCUT2D eigenvalue weighted by Gasteiger charge is -2.28. The van der Waals surface area contributed by atoms with Crippen molar-refractivity contribution in [1.29, 1.82) is 0 Å². The molecule has 20 heavy (non-hydrogen) atoms. The average Bonchev–Trinajstić information content (AvgIpc) is 2.46. The zero-order chi connectivity index (χ0) is 15.0. The zero-order valence-electron chi connectivity index (χ0n) is 12.8. The summed E-state index contributed by atoms with van der Waals surface area (Å²) in [5.74, 6) is 0. The van der Waals surface area contributed by atoms with Crippen LogP contribution in [-0.2, 0) is 0 Å². The van der Waals surface area contributed by atoms with E-state index in [0.717, 1.165) is 36.9 Å². The molecule has 4 heteroatoms. The van der Waals surface area contributed by atoms with Crippen LogP contribution in [0.15, 0.2) is 22.7 Å². The molecule has 0 amide bonds. The lowest BCUT2D eigenvalue weighted by Crippen LogP contribution is -2.28. The van der Waals surface area contributed by atoms with Crippen LogP contribution in [0.25, 0.3) is 0 Å². The monoisotopic (exact) mass is 342 g/mol. The predicted molar refractivity (Wildman–Crippen MR) is 90.4 cm³/mol. The van der Waals surface area contributed by atoms with Gasteiger partial charge in [0.1, 0.15) is 0 Å². The quantitative estimate of drug-likeness (QED) is 0.717. The van der Waals surface area contributed by atoms with Crippen LogP contribution < -0.4 is 10.2 Å². The van der Waals surface area contributed by atoms with Gasteiger partial charge in [-0.25, -0.2) is 0 Å². The fourth-order valence-electron chi connectivity index (χ4n) is 2.34. The van der Waals surface area contributed by atoms with Crippen LogP contribution in [0.2, 0.25) is 0 Å². The summed E-state index contributed by atoms with van der Waals surface area (Å²) in [6, 6.07) is 6.78. The second kappa shape index (κ2) is 9.37. The molecule has 1 rings (SSSR count). The Morgan fingerprint density at radius 1 is 1.35 bits per heavy atom. The van der Waals surface area contributed by atoms with Gasteiger partial charge in [0.2, 0.25) is 0 Å². The second-order valence-electron chi connectivity index (χ2n) is 5.04. The van der Waals surface area contributed by atoms with Crippen LogP contribution in [0.5, 0.6) is 0 Å². The third kappa shape index (κ3) is 5.08. The highest BCUT2D eigenvalue weighted by molar-refractivity contribution is 9.10. The van der Waals surface area contributed by atoms with Crippen molar-refractivity contribution < 1.29 is 5.11 Å². The Morgan fingerprint density at radius 3 is 2.70 bits per heavy atom. The number of halogens is 1. The fraction of sp³-hybridized carbons (Fsp3) is 0.625. The van der Waals surface area contributed by atoms with Gasteiger partial charge in [0.05, 0.1) is 0 Å². The molecule has 0 bridgehead atoms. The molecule has 2 N–H and O–H groups in total. The molecule has 1 aromatic carbocycles. The van der Waals surface area contributed by atoms with E-state index >= 15 is 0 Å². The van der Waals surface area contributed by atoms with E-state index in [2.05, 4.69) is 65.1 Å². The van der Waals surface area contributed by atoms with Crippen molar-refractivity contribution in [1.82, 2.24) is 5.32 Å². The average molecular weight is 343 g/mol. The molecule has 1 aromatic rings. The first-order chi connectivity index (χ1) is 9.63. The van der Waals surface area contributed by atoms with Crippen molar-refractivity contribution in [2.75, 3.05) is 31.1 Å². The van der Waals surface area contributed by atoms with Gasteiger partial charge < -0.3 is 15.3 Å². The molecule has 0 heterocycles. The maximum Gasteiger partial charge on any atom is 0.0447 e. The molecule has 0 spiro atoms. The van der Waals surface area contributed by atoms with Gasteiger partial charge in [-0.1, -0.05) is 22.9 Å². The fourth-order valence-corrected chi connectivity index (χ4v) is 2.72. The Kier molecular flexibility index (Phi) is 8.19. The van der Waals surface area contributed by atoms with Crippen molar-refractivity contribution in [2.24, 2.45) is 0 Å². The molecule has 0 aromatic heterocycles. The number of anilines is 1. The van der Waals surface area contributed by atoms with Crippen LogP contribution in [0.1, 0.15) is 45.2 Å². The van der Waals surface area contributed by atoms with Gasteiger partial charge in [-0.05, 0) is 57.0 Å². The summed E-state index contributed by atoms with van der Waals surface area (Å²) < 4.78 is 1.11. The molecule has 0 saturated carbocycles. The summed E-state index contributed by atoms with van der Waals surface area (Å²) >= 11 is 3.57. The van der Waals surface area contributed by atoms with Crippen molar-refractivity contribution in [3.05, 3.63) is 28.2 Å². The highest BCUT2D eigenvalue weighted by Gasteiger charge is 2.14. The number of aliphatic hydroxyl groups excluding tert-OH is 1. The largest absolute Gasteiger partial charge is 0.396 e. The van der Waals surface area contributed by atoms with E-state index in [9.17, 15) is 0 Å². The van der Waals surface area contributed by atoms with Crippen molar-refractivity contribution in [3.63, 3.8) is 0 Å². The molecule has 0 aliphatic carbocycles. The van der Waals surface area contributed by atoms with Gasteiger partial charge in [0.25, 0.3) is 0 Å². The summed E-state index contributed by atoms with van der Waals surface area (Å²) in [6.07, 6.45) is 1.94. The van der Waals surface area contributed by atoms with E-state index in [4.69, 9.17) is 5.11 Å². The van der Waals surface area contributed by atoms with E-state index < -0.39 is 0 Å². The number of rotatable bonds is 9. The number of hydrogen-bond acceptors (Lipinski definition) is 3. The predicted octanol–water partition coefficient (Wildman–Crippen LogP) is 3.72. The molecule has 0 radical (unpaired) electrons. The lowest BCUT2D eigenvalue weighted by molar-refractivity contribution is 0.289. The lowest BCUT2D eigenvalue weighted by atomic mass is 10.0. The van der Waals surface area contributed by atoms with Gasteiger partial charge in [-0.15, -0.1) is 0 Å². The smallest absolute Gasteiger partial charge is 0.0447 e. The van der Waals surface area contributed by atoms with E-state index in [1.165, 1.54) is 11.3 Å². The van der Waals surface area contributed by atoms with Crippen LogP contribution in [0, 0.1) is 0 Å². The van der Waals surface area contributed by atoms with Crippen molar-refractivity contribution >= 4 is 21.6 Å². The van der Waals surface area contributed by atoms with Crippen LogP contribution in [0.3, 0.4) is 0 Å². The molecule has 0 saturated heterocycles. The van der Waals surface area contributed by atoms with Crippen LogP contribution >= 0.6 is 15.9 Å². The van der Waals surface area contributed by atoms with E-state index in [0.29, 0.717) is 6.04 Å². The maximum absolute atomic E-state index is 9.05. The first-order valence-electron chi connectivity index (χ1n) is 7.52.